The molecule has 6 heteroatoms. The van der Waals surface area contributed by atoms with E-state index in [1.807, 2.05) is 5.43 Å². The fourth-order valence-corrected chi connectivity index (χ4v) is 1.38. The molecule has 12 heavy (non-hydrogen) atoms. The van der Waals surface area contributed by atoms with Gasteiger partial charge in [0.2, 0.25) is 5.91 Å². The summed E-state index contributed by atoms with van der Waals surface area (Å²) in [5, 5.41) is 17.3. The number of nitrogens with one attached hydrogen (secondary N) is 1. The van der Waals surface area contributed by atoms with Crippen molar-refractivity contribution in [2.45, 2.75) is 12.5 Å². The third kappa shape index (κ3) is 6.41. The number of hydrogen-bond acceptors (Lipinski definition) is 5. The van der Waals surface area contributed by atoms with E-state index in [2.05, 4.69) is 0 Å². The van der Waals surface area contributed by atoms with Gasteiger partial charge >= 0.3 is 0 Å². The molecule has 0 fully saturated rings. The normalized spacial score (nSPS) is 12.6. The number of hydrazine groups is 1. The van der Waals surface area contributed by atoms with E-state index in [9.17, 15) is 4.79 Å². The SMILES string of the molecule is NNC(=O)CCSCC(O)CO. The summed E-state index contributed by atoms with van der Waals surface area (Å²) in [5.74, 6) is 5.66. The average molecular weight is 194 g/mol. The van der Waals surface area contributed by atoms with Crippen LogP contribution in [0.1, 0.15) is 6.42 Å². The van der Waals surface area contributed by atoms with E-state index in [0.717, 1.165) is 0 Å². The minimum atomic E-state index is -0.698. The lowest BCUT2D eigenvalue weighted by atomic mass is 10.4. The molecule has 1 amide bonds. The summed E-state index contributed by atoms with van der Waals surface area (Å²) in [7, 11) is 0. The lowest BCUT2D eigenvalue weighted by molar-refractivity contribution is -0.120. The predicted molar refractivity (Wildman–Crippen MR) is 47.4 cm³/mol. The van der Waals surface area contributed by atoms with Crippen molar-refractivity contribution in [2.75, 3.05) is 18.1 Å². The number of rotatable bonds is 6. The third-order valence-corrected chi connectivity index (χ3v) is 2.27. The number of carbonyl (C=O) groups excluding carboxylic acids is 1. The Kier molecular flexibility index (Phi) is 7.17. The molecule has 0 saturated heterocycles. The highest BCUT2D eigenvalue weighted by atomic mass is 32.2. The van der Waals surface area contributed by atoms with Crippen LogP contribution in [-0.4, -0.2) is 40.3 Å². The summed E-state index contributed by atoms with van der Waals surface area (Å²) in [6.07, 6.45) is -0.366. The second-order valence-electron chi connectivity index (χ2n) is 2.23. The van der Waals surface area contributed by atoms with Gasteiger partial charge in [0, 0.05) is 17.9 Å². The first-order chi connectivity index (χ1) is 5.70. The summed E-state index contributed by atoms with van der Waals surface area (Å²) < 4.78 is 0. The highest BCUT2D eigenvalue weighted by Gasteiger charge is 2.02. The maximum absolute atomic E-state index is 10.6. The molecular formula is C6H14N2O3S. The van der Waals surface area contributed by atoms with Gasteiger partial charge in [-0.1, -0.05) is 0 Å². The van der Waals surface area contributed by atoms with Crippen molar-refractivity contribution in [3.63, 3.8) is 0 Å². The van der Waals surface area contributed by atoms with Gasteiger partial charge in [0.25, 0.3) is 0 Å². The molecule has 72 valence electrons. The maximum Gasteiger partial charge on any atom is 0.234 e. The molecule has 5 nitrogen and oxygen atoms in total. The van der Waals surface area contributed by atoms with E-state index < -0.39 is 6.10 Å². The van der Waals surface area contributed by atoms with E-state index in [-0.39, 0.29) is 12.5 Å². The van der Waals surface area contributed by atoms with Crippen LogP contribution in [0.15, 0.2) is 0 Å². The van der Waals surface area contributed by atoms with Crippen LogP contribution in [0.3, 0.4) is 0 Å². The van der Waals surface area contributed by atoms with E-state index in [1.54, 1.807) is 0 Å². The van der Waals surface area contributed by atoms with Gasteiger partial charge in [-0.3, -0.25) is 10.2 Å². The number of amides is 1. The lowest BCUT2D eigenvalue weighted by Gasteiger charge is -2.05. The zero-order chi connectivity index (χ0) is 9.40. The molecule has 0 aliphatic carbocycles. The first kappa shape index (κ1) is 11.7. The van der Waals surface area contributed by atoms with Gasteiger partial charge in [0.05, 0.1) is 12.7 Å². The standard InChI is InChI=1S/C6H14N2O3S/c7-8-6(11)1-2-12-4-5(10)3-9/h5,9-10H,1-4,7H2,(H,8,11). The maximum atomic E-state index is 10.6. The van der Waals surface area contributed by atoms with Crippen molar-refractivity contribution in [1.82, 2.24) is 5.43 Å². The van der Waals surface area contributed by atoms with Crippen LogP contribution >= 0.6 is 11.8 Å². The number of nitrogens with two attached hydrogens (primary N) is 1. The van der Waals surface area contributed by atoms with Gasteiger partial charge in [-0.15, -0.1) is 0 Å². The van der Waals surface area contributed by atoms with Gasteiger partial charge < -0.3 is 10.2 Å². The molecule has 0 heterocycles. The second-order valence-corrected chi connectivity index (χ2v) is 3.38. The van der Waals surface area contributed by atoms with Crippen LogP contribution in [0.25, 0.3) is 0 Å². The van der Waals surface area contributed by atoms with Crippen LogP contribution in [0.2, 0.25) is 0 Å². The van der Waals surface area contributed by atoms with Crippen LogP contribution in [0.4, 0.5) is 0 Å². The average Bonchev–Trinajstić information content (AvgIpc) is 2.11. The first-order valence-corrected chi connectivity index (χ1v) is 4.72. The molecule has 1 atom stereocenters. The van der Waals surface area contributed by atoms with Crippen LogP contribution in [0.5, 0.6) is 0 Å². The highest BCUT2D eigenvalue weighted by molar-refractivity contribution is 7.99. The molecule has 5 N–H and O–H groups in total. The van der Waals surface area contributed by atoms with E-state index in [4.69, 9.17) is 16.1 Å². The number of aliphatic hydroxyl groups is 2. The van der Waals surface area contributed by atoms with Crippen LogP contribution < -0.4 is 11.3 Å². The monoisotopic (exact) mass is 194 g/mol. The Morgan fingerprint density at radius 1 is 1.67 bits per heavy atom. The van der Waals surface area contributed by atoms with Crippen molar-refractivity contribution in [3.8, 4) is 0 Å². The van der Waals surface area contributed by atoms with E-state index in [0.29, 0.717) is 17.9 Å². The molecule has 0 rings (SSSR count). The van der Waals surface area contributed by atoms with Gasteiger partial charge in [-0.2, -0.15) is 11.8 Å². The van der Waals surface area contributed by atoms with Crippen molar-refractivity contribution in [1.29, 1.82) is 0 Å². The molecule has 0 radical (unpaired) electrons. The molecule has 0 aromatic rings. The minimum Gasteiger partial charge on any atom is -0.394 e. The first-order valence-electron chi connectivity index (χ1n) is 3.56. The van der Waals surface area contributed by atoms with Gasteiger partial charge in [-0.25, -0.2) is 5.84 Å². The minimum absolute atomic E-state index is 0.221. The van der Waals surface area contributed by atoms with E-state index in [1.165, 1.54) is 11.8 Å². The Hall–Kier alpha value is -0.300. The van der Waals surface area contributed by atoms with Gasteiger partial charge in [0.15, 0.2) is 0 Å². The van der Waals surface area contributed by atoms with Crippen LogP contribution in [-0.2, 0) is 4.79 Å². The summed E-state index contributed by atoms with van der Waals surface area (Å²) in [6, 6.07) is 0. The number of thioether (sulfide) groups is 1. The molecule has 0 aliphatic heterocycles. The molecule has 0 aliphatic rings. The second kappa shape index (κ2) is 7.35. The number of aliphatic hydroxyl groups excluding tert-OH is 2. The van der Waals surface area contributed by atoms with Crippen molar-refractivity contribution in [3.05, 3.63) is 0 Å². The van der Waals surface area contributed by atoms with Gasteiger partial charge in [-0.05, 0) is 0 Å². The molecule has 0 spiro atoms. The molecule has 0 saturated carbocycles. The Bertz CT molecular complexity index is 134. The number of hydrogen-bond donors (Lipinski definition) is 4. The fraction of sp³-hybridized carbons (Fsp3) is 0.833. The zero-order valence-electron chi connectivity index (χ0n) is 6.69. The van der Waals surface area contributed by atoms with E-state index >= 15 is 0 Å². The van der Waals surface area contributed by atoms with Crippen molar-refractivity contribution >= 4 is 17.7 Å². The summed E-state index contributed by atoms with van der Waals surface area (Å²) >= 11 is 1.40. The predicted octanol–water partition coefficient (Wildman–Crippen LogP) is -1.55. The Labute approximate surface area is 75.3 Å². The zero-order valence-corrected chi connectivity index (χ0v) is 7.51. The Morgan fingerprint density at radius 2 is 2.33 bits per heavy atom. The van der Waals surface area contributed by atoms with Gasteiger partial charge in [0.1, 0.15) is 0 Å². The Morgan fingerprint density at radius 3 is 2.83 bits per heavy atom. The topological polar surface area (TPSA) is 95.6 Å². The third-order valence-electron chi connectivity index (χ3n) is 1.16. The number of carbonyl (C=O) groups is 1. The summed E-state index contributed by atoms with van der Waals surface area (Å²) in [5.41, 5.74) is 2.00. The van der Waals surface area contributed by atoms with Crippen LogP contribution in [0, 0.1) is 0 Å². The summed E-state index contributed by atoms with van der Waals surface area (Å²) in [4.78, 5) is 10.6. The Balaban J connectivity index is 3.15. The molecule has 0 aromatic heterocycles. The molecule has 1 unspecified atom stereocenters. The highest BCUT2D eigenvalue weighted by Crippen LogP contribution is 2.04. The molecule has 0 aromatic carbocycles. The molecule has 0 bridgehead atoms. The van der Waals surface area contributed by atoms with Crippen molar-refractivity contribution < 1.29 is 15.0 Å². The largest absolute Gasteiger partial charge is 0.394 e. The van der Waals surface area contributed by atoms with Crippen molar-refractivity contribution in [2.24, 2.45) is 5.84 Å². The lowest BCUT2D eigenvalue weighted by Crippen LogP contribution is -2.30. The fourth-order valence-electron chi connectivity index (χ4n) is 0.509. The summed E-state index contributed by atoms with van der Waals surface area (Å²) in [6.45, 7) is -0.240. The molecular weight excluding hydrogens is 180 g/mol. The smallest absolute Gasteiger partial charge is 0.234 e. The quantitative estimate of drug-likeness (QED) is 0.178.